The summed E-state index contributed by atoms with van der Waals surface area (Å²) in [7, 11) is -5.75. The number of nitrogens with zero attached hydrogens (tertiary/aromatic N) is 6. The number of anilines is 1. The molecule has 0 atom stereocenters. The highest BCUT2D eigenvalue weighted by Crippen LogP contribution is 2.32. The van der Waals surface area contributed by atoms with Crippen LogP contribution in [0, 0.1) is 0 Å². The van der Waals surface area contributed by atoms with Gasteiger partial charge in [0.1, 0.15) is 11.4 Å². The van der Waals surface area contributed by atoms with Gasteiger partial charge in [0.25, 0.3) is 0 Å². The van der Waals surface area contributed by atoms with Crippen molar-refractivity contribution in [3.8, 4) is 17.3 Å². The maximum absolute atomic E-state index is 12.6. The summed E-state index contributed by atoms with van der Waals surface area (Å²) in [4.78, 5) is 23.5. The van der Waals surface area contributed by atoms with Gasteiger partial charge in [0, 0.05) is 37.9 Å². The second-order valence-corrected chi connectivity index (χ2v) is 9.47. The number of hydrogen-bond acceptors (Lipinski definition) is 9. The van der Waals surface area contributed by atoms with Crippen molar-refractivity contribution in [1.82, 2.24) is 24.9 Å². The number of fused-ring (bicyclic) bond motifs is 1. The number of hydrogen-bond donors (Lipinski definition) is 0. The van der Waals surface area contributed by atoms with Gasteiger partial charge in [-0.05, 0) is 59.2 Å². The smallest absolute Gasteiger partial charge is 0.376 e. The molecule has 1 aliphatic heterocycles. The molecular weight excluding hydrogens is 509 g/mol. The fraction of sp³-hybridized carbons (Fsp3) is 0.125. The molecule has 188 valence electrons. The van der Waals surface area contributed by atoms with Gasteiger partial charge in [0.05, 0.1) is 5.69 Å². The first-order valence-corrected chi connectivity index (χ1v) is 12.2. The molecular formula is C24H17F3N6O3S. The first kappa shape index (κ1) is 24.3. The highest BCUT2D eigenvalue weighted by Gasteiger charge is 2.48. The molecule has 3 aromatic heterocycles. The summed E-state index contributed by atoms with van der Waals surface area (Å²) >= 11 is 0. The number of halogens is 3. The molecule has 0 saturated carbocycles. The first-order chi connectivity index (χ1) is 17.7. The van der Waals surface area contributed by atoms with Crippen LogP contribution in [0.3, 0.4) is 0 Å². The summed E-state index contributed by atoms with van der Waals surface area (Å²) in [5.41, 5.74) is -2.00. The van der Waals surface area contributed by atoms with Crippen LogP contribution in [0.15, 0.2) is 67.3 Å². The molecule has 0 aliphatic carbocycles. The molecule has 0 radical (unpaired) electrons. The first-order valence-electron chi connectivity index (χ1n) is 10.8. The standard InChI is InChI=1S/C24H17F3N6O3S/c25-24(26,27)37(34,35)36-20-4-2-17-14-33(15-18(17)13-20)23-30-12-8-21(32-23)22-29-11-7-19(31-22)3-1-16-5-9-28-10-6-16/h1-13H,14-15H2. The lowest BCUT2D eigenvalue weighted by molar-refractivity contribution is -0.0500. The SMILES string of the molecule is O=S(=O)(Oc1ccc2c(c1)CN(c1nccc(-c3nccc(C=Cc4ccncc4)n3)n1)C2)C(F)(F)F. The minimum atomic E-state index is -5.75. The molecule has 1 aromatic carbocycles. The molecule has 0 saturated heterocycles. The predicted octanol–water partition coefficient (Wildman–Crippen LogP) is 4.25. The second kappa shape index (κ2) is 9.58. The van der Waals surface area contributed by atoms with Gasteiger partial charge in [0.2, 0.25) is 5.95 Å². The van der Waals surface area contributed by atoms with Crippen LogP contribution in [-0.4, -0.2) is 38.8 Å². The number of pyridine rings is 1. The Hall–Kier alpha value is -4.39. The van der Waals surface area contributed by atoms with E-state index in [1.165, 1.54) is 18.2 Å². The molecule has 0 fully saturated rings. The molecule has 0 spiro atoms. The van der Waals surface area contributed by atoms with Crippen molar-refractivity contribution < 1.29 is 25.8 Å². The summed E-state index contributed by atoms with van der Waals surface area (Å²) in [5, 5.41) is 0. The molecule has 4 aromatic rings. The van der Waals surface area contributed by atoms with Crippen LogP contribution >= 0.6 is 0 Å². The quantitative estimate of drug-likeness (QED) is 0.269. The van der Waals surface area contributed by atoms with Gasteiger partial charge in [-0.25, -0.2) is 19.9 Å². The van der Waals surface area contributed by atoms with Gasteiger partial charge < -0.3 is 9.08 Å². The van der Waals surface area contributed by atoms with Crippen molar-refractivity contribution in [3.63, 3.8) is 0 Å². The number of rotatable bonds is 6. The van der Waals surface area contributed by atoms with Gasteiger partial charge in [-0.2, -0.15) is 21.6 Å². The molecule has 0 N–H and O–H groups in total. The van der Waals surface area contributed by atoms with Gasteiger partial charge in [-0.3, -0.25) is 4.98 Å². The van der Waals surface area contributed by atoms with E-state index in [1.54, 1.807) is 41.8 Å². The molecule has 13 heteroatoms. The van der Waals surface area contributed by atoms with Crippen LogP contribution in [-0.2, 0) is 23.2 Å². The van der Waals surface area contributed by atoms with E-state index >= 15 is 0 Å². The van der Waals surface area contributed by atoms with Crippen molar-refractivity contribution in [2.45, 2.75) is 18.6 Å². The Morgan fingerprint density at radius 1 is 0.865 bits per heavy atom. The Balaban J connectivity index is 1.34. The second-order valence-electron chi connectivity index (χ2n) is 7.93. The third-order valence-electron chi connectivity index (χ3n) is 5.37. The topological polar surface area (TPSA) is 111 Å². The lowest BCUT2D eigenvalue weighted by atomic mass is 10.1. The van der Waals surface area contributed by atoms with Crippen molar-refractivity contribution in [2.75, 3.05) is 4.90 Å². The van der Waals surface area contributed by atoms with Gasteiger partial charge >= 0.3 is 15.6 Å². The summed E-state index contributed by atoms with van der Waals surface area (Å²) in [6, 6.07) is 11.1. The number of benzene rings is 1. The molecule has 0 unspecified atom stereocenters. The molecule has 0 amide bonds. The fourth-order valence-corrected chi connectivity index (χ4v) is 4.06. The maximum atomic E-state index is 12.6. The largest absolute Gasteiger partial charge is 0.534 e. The van der Waals surface area contributed by atoms with Crippen molar-refractivity contribution in [2.24, 2.45) is 0 Å². The van der Waals surface area contributed by atoms with E-state index in [1.807, 2.05) is 24.3 Å². The van der Waals surface area contributed by atoms with Crippen LogP contribution in [0.25, 0.3) is 23.7 Å². The van der Waals surface area contributed by atoms with E-state index < -0.39 is 21.4 Å². The Morgan fingerprint density at radius 3 is 2.41 bits per heavy atom. The number of alkyl halides is 3. The zero-order valence-corrected chi connectivity index (χ0v) is 19.7. The van der Waals surface area contributed by atoms with Crippen LogP contribution in [0.4, 0.5) is 19.1 Å². The van der Waals surface area contributed by atoms with Crippen LogP contribution in [0.5, 0.6) is 5.75 Å². The minimum Gasteiger partial charge on any atom is -0.376 e. The molecule has 1 aliphatic rings. The van der Waals surface area contributed by atoms with Crippen molar-refractivity contribution >= 4 is 28.2 Å². The van der Waals surface area contributed by atoms with Crippen LogP contribution in [0.2, 0.25) is 0 Å². The Kier molecular flexibility index (Phi) is 6.29. The summed E-state index contributed by atoms with van der Waals surface area (Å²) in [6.45, 7) is 0.623. The minimum absolute atomic E-state index is 0.248. The van der Waals surface area contributed by atoms with E-state index in [0.717, 1.165) is 11.1 Å². The van der Waals surface area contributed by atoms with E-state index in [9.17, 15) is 21.6 Å². The maximum Gasteiger partial charge on any atom is 0.534 e. The third kappa shape index (κ3) is 5.40. The molecule has 9 nitrogen and oxygen atoms in total. The van der Waals surface area contributed by atoms with Gasteiger partial charge in [0.15, 0.2) is 5.82 Å². The van der Waals surface area contributed by atoms with Crippen molar-refractivity contribution in [3.05, 3.63) is 89.6 Å². The lowest BCUT2D eigenvalue weighted by Crippen LogP contribution is -2.28. The highest BCUT2D eigenvalue weighted by atomic mass is 32.2. The normalized spacial score (nSPS) is 13.6. The van der Waals surface area contributed by atoms with Crippen molar-refractivity contribution in [1.29, 1.82) is 0 Å². The Morgan fingerprint density at radius 2 is 1.62 bits per heavy atom. The molecule has 0 bridgehead atoms. The van der Waals surface area contributed by atoms with E-state index in [-0.39, 0.29) is 6.54 Å². The highest BCUT2D eigenvalue weighted by molar-refractivity contribution is 7.88. The molecule has 4 heterocycles. The zero-order valence-electron chi connectivity index (χ0n) is 18.9. The van der Waals surface area contributed by atoms with Crippen LogP contribution < -0.4 is 9.08 Å². The molecule has 5 rings (SSSR count). The van der Waals surface area contributed by atoms with E-state index in [4.69, 9.17) is 0 Å². The lowest BCUT2D eigenvalue weighted by Gasteiger charge is -2.15. The van der Waals surface area contributed by atoms with Gasteiger partial charge in [-0.1, -0.05) is 12.1 Å². The average Bonchev–Trinajstić information content (AvgIpc) is 3.31. The third-order valence-corrected chi connectivity index (χ3v) is 6.35. The monoisotopic (exact) mass is 526 g/mol. The van der Waals surface area contributed by atoms with E-state index in [2.05, 4.69) is 29.1 Å². The summed E-state index contributed by atoms with van der Waals surface area (Å²) in [5.74, 6) is 0.336. The summed E-state index contributed by atoms with van der Waals surface area (Å²) < 4.78 is 64.8. The predicted molar refractivity (Wildman–Crippen MR) is 128 cm³/mol. The Labute approximate surface area is 209 Å². The Bertz CT molecular complexity index is 1580. The fourth-order valence-electron chi connectivity index (χ4n) is 3.61. The molecule has 37 heavy (non-hydrogen) atoms. The number of aromatic nitrogens is 5. The average molecular weight is 527 g/mol. The van der Waals surface area contributed by atoms with Gasteiger partial charge in [-0.15, -0.1) is 0 Å². The van der Waals surface area contributed by atoms with E-state index in [0.29, 0.717) is 35.3 Å². The summed E-state index contributed by atoms with van der Waals surface area (Å²) in [6.07, 6.45) is 10.3. The zero-order chi connectivity index (χ0) is 26.0. The van der Waals surface area contributed by atoms with Crippen LogP contribution in [0.1, 0.15) is 22.4 Å².